The number of hydrogen-bond donors (Lipinski definition) is 1. The van der Waals surface area contributed by atoms with Crippen LogP contribution >= 0.6 is 31.9 Å². The van der Waals surface area contributed by atoms with Gasteiger partial charge in [-0.25, -0.2) is 0 Å². The Morgan fingerprint density at radius 1 is 1.36 bits per heavy atom. The first-order valence-corrected chi connectivity index (χ1v) is 6.01. The lowest BCUT2D eigenvalue weighted by molar-refractivity contribution is -0.117. The molecule has 1 N–H and O–H groups in total. The van der Waals surface area contributed by atoms with Crippen molar-refractivity contribution in [2.45, 2.75) is 12.8 Å². The second-order valence-electron chi connectivity index (χ2n) is 3.39. The van der Waals surface area contributed by atoms with Gasteiger partial charge in [0.25, 0.3) is 0 Å². The molecule has 0 radical (unpaired) electrons. The predicted molar refractivity (Wildman–Crippen MR) is 63.2 cm³/mol. The zero-order valence-corrected chi connectivity index (χ0v) is 10.6. The molecule has 1 aliphatic rings. The van der Waals surface area contributed by atoms with Crippen molar-refractivity contribution in [3.63, 3.8) is 0 Å². The molecule has 0 atom stereocenters. The van der Waals surface area contributed by atoms with E-state index >= 15 is 0 Å². The van der Waals surface area contributed by atoms with E-state index in [9.17, 15) is 4.79 Å². The molecule has 0 aromatic heterocycles. The van der Waals surface area contributed by atoms with Crippen molar-refractivity contribution < 1.29 is 4.79 Å². The fourth-order valence-electron chi connectivity index (χ4n) is 1.17. The first kappa shape index (κ1) is 10.2. The summed E-state index contributed by atoms with van der Waals surface area (Å²) >= 11 is 6.76. The highest BCUT2D eigenvalue weighted by atomic mass is 79.9. The van der Waals surface area contributed by atoms with E-state index in [-0.39, 0.29) is 11.8 Å². The van der Waals surface area contributed by atoms with Crippen LogP contribution in [0.5, 0.6) is 0 Å². The molecule has 0 aliphatic heterocycles. The molecule has 0 heterocycles. The molecule has 1 aromatic carbocycles. The van der Waals surface area contributed by atoms with E-state index in [4.69, 9.17) is 0 Å². The Bertz CT molecular complexity index is 374. The molecule has 1 fully saturated rings. The van der Waals surface area contributed by atoms with Crippen LogP contribution in [0, 0.1) is 5.92 Å². The highest BCUT2D eigenvalue weighted by molar-refractivity contribution is 9.11. The minimum atomic E-state index is 0.132. The SMILES string of the molecule is O=C(Nc1ccc(Br)cc1Br)C1CC1. The van der Waals surface area contributed by atoms with Gasteiger partial charge in [0.05, 0.1) is 5.69 Å². The summed E-state index contributed by atoms with van der Waals surface area (Å²) in [5, 5.41) is 2.89. The number of halogens is 2. The predicted octanol–water partition coefficient (Wildman–Crippen LogP) is 3.56. The van der Waals surface area contributed by atoms with Crippen LogP contribution in [-0.4, -0.2) is 5.91 Å². The number of rotatable bonds is 2. The summed E-state index contributed by atoms with van der Waals surface area (Å²) in [6, 6.07) is 5.71. The van der Waals surface area contributed by atoms with E-state index < -0.39 is 0 Å². The summed E-state index contributed by atoms with van der Waals surface area (Å²) in [5.41, 5.74) is 0.838. The second kappa shape index (κ2) is 4.03. The minimum Gasteiger partial charge on any atom is -0.325 e. The minimum absolute atomic E-state index is 0.132. The number of carbonyl (C=O) groups is 1. The molecule has 0 spiro atoms. The number of carbonyl (C=O) groups excluding carboxylic acids is 1. The van der Waals surface area contributed by atoms with Crippen LogP contribution in [0.3, 0.4) is 0 Å². The largest absolute Gasteiger partial charge is 0.325 e. The first-order valence-electron chi connectivity index (χ1n) is 4.43. The van der Waals surface area contributed by atoms with Crippen molar-refractivity contribution in [2.24, 2.45) is 5.92 Å². The summed E-state index contributed by atoms with van der Waals surface area (Å²) < 4.78 is 1.90. The smallest absolute Gasteiger partial charge is 0.227 e. The maximum atomic E-state index is 11.5. The Labute approximate surface area is 99.3 Å². The number of amides is 1. The Kier molecular flexibility index (Phi) is 2.93. The van der Waals surface area contributed by atoms with E-state index in [1.165, 1.54) is 0 Å². The highest BCUT2D eigenvalue weighted by Crippen LogP contribution is 2.32. The molecule has 2 nitrogen and oxygen atoms in total. The molecule has 0 unspecified atom stereocenters. The highest BCUT2D eigenvalue weighted by Gasteiger charge is 2.29. The molecule has 0 bridgehead atoms. The fraction of sp³-hybridized carbons (Fsp3) is 0.300. The van der Waals surface area contributed by atoms with Gasteiger partial charge in [0.15, 0.2) is 0 Å². The third-order valence-electron chi connectivity index (χ3n) is 2.14. The molecule has 0 saturated heterocycles. The first-order chi connectivity index (χ1) is 6.66. The van der Waals surface area contributed by atoms with Gasteiger partial charge in [-0.1, -0.05) is 15.9 Å². The molecule has 2 rings (SSSR count). The normalized spacial score (nSPS) is 15.3. The average molecular weight is 319 g/mol. The monoisotopic (exact) mass is 317 g/mol. The van der Waals surface area contributed by atoms with Crippen LogP contribution in [0.1, 0.15) is 12.8 Å². The van der Waals surface area contributed by atoms with E-state index in [1.54, 1.807) is 0 Å². The fourth-order valence-corrected chi connectivity index (χ4v) is 2.32. The lowest BCUT2D eigenvalue weighted by atomic mass is 10.3. The van der Waals surface area contributed by atoms with Crippen LogP contribution < -0.4 is 5.32 Å². The van der Waals surface area contributed by atoms with Crippen LogP contribution in [0.15, 0.2) is 27.1 Å². The molecule has 74 valence electrons. The maximum absolute atomic E-state index is 11.5. The van der Waals surface area contributed by atoms with E-state index in [1.807, 2.05) is 18.2 Å². The van der Waals surface area contributed by atoms with Gasteiger partial charge < -0.3 is 5.32 Å². The zero-order valence-electron chi connectivity index (χ0n) is 7.39. The summed E-state index contributed by atoms with van der Waals surface area (Å²) in [4.78, 5) is 11.5. The van der Waals surface area contributed by atoms with Crippen molar-refractivity contribution in [1.29, 1.82) is 0 Å². The summed E-state index contributed by atoms with van der Waals surface area (Å²) in [7, 11) is 0. The maximum Gasteiger partial charge on any atom is 0.227 e. The number of anilines is 1. The number of benzene rings is 1. The molecule has 1 aliphatic carbocycles. The van der Waals surface area contributed by atoms with Crippen molar-refractivity contribution in [2.75, 3.05) is 5.32 Å². The van der Waals surface area contributed by atoms with Gasteiger partial charge in [-0.15, -0.1) is 0 Å². The molecule has 14 heavy (non-hydrogen) atoms. The third-order valence-corrected chi connectivity index (χ3v) is 3.29. The van der Waals surface area contributed by atoms with Crippen LogP contribution in [0.25, 0.3) is 0 Å². The molecule has 1 amide bonds. The quantitative estimate of drug-likeness (QED) is 0.887. The number of nitrogens with one attached hydrogen (secondary N) is 1. The van der Waals surface area contributed by atoms with E-state index in [0.29, 0.717) is 0 Å². The van der Waals surface area contributed by atoms with Crippen molar-refractivity contribution in [3.05, 3.63) is 27.1 Å². The number of hydrogen-bond acceptors (Lipinski definition) is 1. The summed E-state index contributed by atoms with van der Waals surface area (Å²) in [6.07, 6.45) is 2.06. The Balaban J connectivity index is 2.11. The van der Waals surface area contributed by atoms with Crippen LogP contribution in [0.2, 0.25) is 0 Å². The van der Waals surface area contributed by atoms with Gasteiger partial charge >= 0.3 is 0 Å². The van der Waals surface area contributed by atoms with Gasteiger partial charge in [0, 0.05) is 14.9 Å². The van der Waals surface area contributed by atoms with E-state index in [0.717, 1.165) is 27.5 Å². The second-order valence-corrected chi connectivity index (χ2v) is 5.16. The third kappa shape index (κ3) is 2.36. The van der Waals surface area contributed by atoms with Gasteiger partial charge in [-0.2, -0.15) is 0 Å². The molecule has 4 heteroatoms. The lowest BCUT2D eigenvalue weighted by Crippen LogP contribution is -2.13. The van der Waals surface area contributed by atoms with Gasteiger partial charge in [0.2, 0.25) is 5.91 Å². The molecular weight excluding hydrogens is 310 g/mol. The van der Waals surface area contributed by atoms with Gasteiger partial charge in [-0.05, 0) is 47.0 Å². The Hall–Kier alpha value is -0.350. The Morgan fingerprint density at radius 3 is 2.64 bits per heavy atom. The van der Waals surface area contributed by atoms with Crippen molar-refractivity contribution in [3.8, 4) is 0 Å². The summed E-state index contributed by atoms with van der Waals surface area (Å²) in [6.45, 7) is 0. The average Bonchev–Trinajstić information content (AvgIpc) is 2.92. The van der Waals surface area contributed by atoms with Crippen LogP contribution in [-0.2, 0) is 4.79 Å². The van der Waals surface area contributed by atoms with Gasteiger partial charge in [0.1, 0.15) is 0 Å². The Morgan fingerprint density at radius 2 is 2.07 bits per heavy atom. The zero-order chi connectivity index (χ0) is 10.1. The van der Waals surface area contributed by atoms with Crippen molar-refractivity contribution >= 4 is 43.5 Å². The van der Waals surface area contributed by atoms with Gasteiger partial charge in [-0.3, -0.25) is 4.79 Å². The van der Waals surface area contributed by atoms with Crippen LogP contribution in [0.4, 0.5) is 5.69 Å². The van der Waals surface area contributed by atoms with E-state index in [2.05, 4.69) is 37.2 Å². The lowest BCUT2D eigenvalue weighted by Gasteiger charge is -2.06. The molecular formula is C10H9Br2NO. The summed E-state index contributed by atoms with van der Waals surface area (Å²) in [5.74, 6) is 0.374. The molecule has 1 aromatic rings. The topological polar surface area (TPSA) is 29.1 Å². The molecule has 1 saturated carbocycles. The standard InChI is InChI=1S/C10H9Br2NO/c11-7-3-4-9(8(12)5-7)13-10(14)6-1-2-6/h3-6H,1-2H2,(H,13,14). The van der Waals surface area contributed by atoms with Crippen molar-refractivity contribution in [1.82, 2.24) is 0 Å².